The van der Waals surface area contributed by atoms with Crippen molar-refractivity contribution < 1.29 is 9.53 Å². The van der Waals surface area contributed by atoms with Crippen molar-refractivity contribution >= 4 is 34.1 Å². The monoisotopic (exact) mass is 432 g/mol. The maximum Gasteiger partial charge on any atom is 0.260 e. The Bertz CT molecular complexity index is 1330. The highest BCUT2D eigenvalue weighted by molar-refractivity contribution is 6.34. The van der Waals surface area contributed by atoms with Crippen LogP contribution in [0, 0.1) is 6.92 Å². The van der Waals surface area contributed by atoms with Gasteiger partial charge in [-0.15, -0.1) is 0 Å². The summed E-state index contributed by atoms with van der Waals surface area (Å²) in [5, 5.41) is 1.26. The first-order chi connectivity index (χ1) is 15.0. The number of rotatable bonds is 5. The summed E-state index contributed by atoms with van der Waals surface area (Å²) < 4.78 is 5.33. The van der Waals surface area contributed by atoms with Gasteiger partial charge in [-0.2, -0.15) is 0 Å². The number of para-hydroxylation sites is 1. The summed E-state index contributed by atoms with van der Waals surface area (Å²) in [4.78, 5) is 30.8. The number of pyridine rings is 1. The Balaban J connectivity index is 1.82. The number of carbonyl (C=O) groups is 1. The summed E-state index contributed by atoms with van der Waals surface area (Å²) in [6, 6.07) is 21.7. The molecule has 1 N–H and O–H groups in total. The summed E-state index contributed by atoms with van der Waals surface area (Å²) in [7, 11) is 1.57. The van der Waals surface area contributed by atoms with Gasteiger partial charge in [0.05, 0.1) is 29.8 Å². The second-order valence-electron chi connectivity index (χ2n) is 7.24. The summed E-state index contributed by atoms with van der Waals surface area (Å²) >= 11 is 6.30. The van der Waals surface area contributed by atoms with Crippen LogP contribution in [0.1, 0.15) is 21.5 Å². The summed E-state index contributed by atoms with van der Waals surface area (Å²) in [6.07, 6.45) is 0. The van der Waals surface area contributed by atoms with Gasteiger partial charge in [-0.25, -0.2) is 0 Å². The molecule has 6 heteroatoms. The molecule has 1 amide bonds. The van der Waals surface area contributed by atoms with E-state index in [1.807, 2.05) is 31.2 Å². The topological polar surface area (TPSA) is 62.4 Å². The Hall–Kier alpha value is -3.57. The Morgan fingerprint density at radius 3 is 2.58 bits per heavy atom. The standard InChI is InChI=1S/C25H21ClN2O3/c1-16-7-5-8-17-13-18(24(29)27-23(16)17)15-28(19-9-6-10-20(14-19)31-2)25(30)21-11-3-4-12-22(21)26/h3-14H,15H2,1-2H3,(H,27,29). The molecule has 0 atom stereocenters. The molecule has 0 aliphatic rings. The van der Waals surface area contributed by atoms with Crippen LogP contribution in [-0.4, -0.2) is 18.0 Å². The number of aromatic nitrogens is 1. The highest BCUT2D eigenvalue weighted by Gasteiger charge is 2.22. The van der Waals surface area contributed by atoms with Crippen LogP contribution in [0.2, 0.25) is 5.02 Å². The first-order valence-electron chi connectivity index (χ1n) is 9.80. The normalized spacial score (nSPS) is 10.8. The molecule has 0 radical (unpaired) electrons. The Labute approximate surface area is 184 Å². The number of fused-ring (bicyclic) bond motifs is 1. The first-order valence-corrected chi connectivity index (χ1v) is 10.2. The zero-order valence-electron chi connectivity index (χ0n) is 17.2. The number of aromatic amines is 1. The maximum atomic E-state index is 13.5. The molecular formula is C25H21ClN2O3. The van der Waals surface area contributed by atoms with E-state index in [1.54, 1.807) is 55.6 Å². The number of aryl methyl sites for hydroxylation is 1. The Morgan fingerprint density at radius 1 is 1.03 bits per heavy atom. The molecule has 0 aliphatic carbocycles. The molecule has 1 aromatic heterocycles. The number of hydrogen-bond donors (Lipinski definition) is 1. The van der Waals surface area contributed by atoms with Crippen molar-refractivity contribution in [2.24, 2.45) is 0 Å². The lowest BCUT2D eigenvalue weighted by molar-refractivity contribution is 0.0985. The van der Waals surface area contributed by atoms with Crippen molar-refractivity contribution in [3.63, 3.8) is 0 Å². The quantitative estimate of drug-likeness (QED) is 0.462. The highest BCUT2D eigenvalue weighted by Crippen LogP contribution is 2.27. The van der Waals surface area contributed by atoms with E-state index in [1.165, 1.54) is 4.90 Å². The second-order valence-corrected chi connectivity index (χ2v) is 7.64. The van der Waals surface area contributed by atoms with Crippen molar-refractivity contribution in [2.45, 2.75) is 13.5 Å². The minimum Gasteiger partial charge on any atom is -0.497 e. The number of carbonyl (C=O) groups excluding carboxylic acids is 1. The van der Waals surface area contributed by atoms with Gasteiger partial charge in [0.2, 0.25) is 0 Å². The minimum atomic E-state index is -0.303. The van der Waals surface area contributed by atoms with Crippen molar-refractivity contribution in [3.8, 4) is 5.75 Å². The van der Waals surface area contributed by atoms with Gasteiger partial charge in [-0.05, 0) is 48.2 Å². The summed E-state index contributed by atoms with van der Waals surface area (Å²) in [5.41, 5.74) is 2.98. The van der Waals surface area contributed by atoms with Crippen LogP contribution in [0.4, 0.5) is 5.69 Å². The van der Waals surface area contributed by atoms with Crippen molar-refractivity contribution in [3.05, 3.63) is 105 Å². The SMILES string of the molecule is COc1cccc(N(Cc2cc3cccc(C)c3[nH]c2=O)C(=O)c2ccccc2Cl)c1. The van der Waals surface area contributed by atoms with E-state index in [2.05, 4.69) is 4.98 Å². The van der Waals surface area contributed by atoms with Crippen molar-refractivity contribution in [2.75, 3.05) is 12.0 Å². The summed E-state index contributed by atoms with van der Waals surface area (Å²) in [6.45, 7) is 2.03. The number of nitrogens with one attached hydrogen (secondary N) is 1. The lowest BCUT2D eigenvalue weighted by Gasteiger charge is -2.24. The number of hydrogen-bond acceptors (Lipinski definition) is 3. The van der Waals surface area contributed by atoms with Gasteiger partial charge in [0.25, 0.3) is 11.5 Å². The van der Waals surface area contributed by atoms with Gasteiger partial charge in [-0.3, -0.25) is 9.59 Å². The minimum absolute atomic E-state index is 0.0798. The average Bonchev–Trinajstić information content (AvgIpc) is 2.78. The molecule has 0 saturated heterocycles. The third-order valence-corrected chi connectivity index (χ3v) is 5.54. The van der Waals surface area contributed by atoms with Gasteiger partial charge in [0, 0.05) is 17.3 Å². The van der Waals surface area contributed by atoms with Crippen LogP contribution in [-0.2, 0) is 6.54 Å². The molecule has 0 saturated carbocycles. The number of benzene rings is 3. The lowest BCUT2D eigenvalue weighted by atomic mass is 10.1. The fraction of sp³-hybridized carbons (Fsp3) is 0.120. The van der Waals surface area contributed by atoms with Crippen LogP contribution in [0.15, 0.2) is 77.6 Å². The number of halogens is 1. The number of anilines is 1. The van der Waals surface area contributed by atoms with E-state index in [0.717, 1.165) is 16.5 Å². The van der Waals surface area contributed by atoms with Crippen LogP contribution in [0.3, 0.4) is 0 Å². The molecular weight excluding hydrogens is 412 g/mol. The zero-order valence-corrected chi connectivity index (χ0v) is 17.9. The number of ether oxygens (including phenoxy) is 1. The van der Waals surface area contributed by atoms with Crippen LogP contribution in [0.25, 0.3) is 10.9 Å². The van der Waals surface area contributed by atoms with E-state index >= 15 is 0 Å². The molecule has 5 nitrogen and oxygen atoms in total. The lowest BCUT2D eigenvalue weighted by Crippen LogP contribution is -2.33. The van der Waals surface area contributed by atoms with E-state index < -0.39 is 0 Å². The fourth-order valence-electron chi connectivity index (χ4n) is 3.56. The molecule has 0 fully saturated rings. The van der Waals surface area contributed by atoms with Crippen molar-refractivity contribution in [1.29, 1.82) is 0 Å². The molecule has 31 heavy (non-hydrogen) atoms. The van der Waals surface area contributed by atoms with Crippen LogP contribution in [0.5, 0.6) is 5.75 Å². The number of nitrogens with zero attached hydrogens (tertiary/aromatic N) is 1. The van der Waals surface area contributed by atoms with Gasteiger partial charge in [0.1, 0.15) is 5.75 Å². The van der Waals surface area contributed by atoms with E-state index in [0.29, 0.717) is 27.6 Å². The number of amides is 1. The van der Waals surface area contributed by atoms with Crippen molar-refractivity contribution in [1.82, 2.24) is 4.98 Å². The maximum absolute atomic E-state index is 13.5. The van der Waals surface area contributed by atoms with Gasteiger partial charge < -0.3 is 14.6 Å². The molecule has 0 unspecified atom stereocenters. The van der Waals surface area contributed by atoms with Gasteiger partial charge in [-0.1, -0.05) is 48.0 Å². The average molecular weight is 433 g/mol. The molecule has 1 heterocycles. The Kier molecular flexibility index (Phi) is 5.78. The zero-order chi connectivity index (χ0) is 22.0. The second kappa shape index (κ2) is 8.66. The molecule has 0 bridgehead atoms. The molecule has 156 valence electrons. The van der Waals surface area contributed by atoms with E-state index in [9.17, 15) is 9.59 Å². The molecule has 0 aliphatic heterocycles. The summed E-state index contributed by atoms with van der Waals surface area (Å²) in [5.74, 6) is 0.306. The van der Waals surface area contributed by atoms with Gasteiger partial charge in [0.15, 0.2) is 0 Å². The Morgan fingerprint density at radius 2 is 1.81 bits per heavy atom. The molecule has 4 aromatic rings. The smallest absolute Gasteiger partial charge is 0.260 e. The molecule has 3 aromatic carbocycles. The molecule has 0 spiro atoms. The van der Waals surface area contributed by atoms with Crippen LogP contribution >= 0.6 is 11.6 Å². The van der Waals surface area contributed by atoms with E-state index in [-0.39, 0.29) is 18.0 Å². The third kappa shape index (κ3) is 4.18. The molecule has 4 rings (SSSR count). The highest BCUT2D eigenvalue weighted by atomic mass is 35.5. The predicted octanol–water partition coefficient (Wildman–Crippen LogP) is 5.35. The van der Waals surface area contributed by atoms with Crippen LogP contribution < -0.4 is 15.2 Å². The number of methoxy groups -OCH3 is 1. The third-order valence-electron chi connectivity index (χ3n) is 5.21. The fourth-order valence-corrected chi connectivity index (χ4v) is 3.77. The van der Waals surface area contributed by atoms with E-state index in [4.69, 9.17) is 16.3 Å². The first kappa shape index (κ1) is 20.7. The predicted molar refractivity (Wildman–Crippen MR) is 124 cm³/mol. The number of H-pyrrole nitrogens is 1. The van der Waals surface area contributed by atoms with Gasteiger partial charge >= 0.3 is 0 Å². The largest absolute Gasteiger partial charge is 0.497 e.